The number of benzene rings is 1. The first kappa shape index (κ1) is 13.1. The number of pyridine rings is 1. The Kier molecular flexibility index (Phi) is 4.34. The maximum absolute atomic E-state index is 9.36. The van der Waals surface area contributed by atoms with Gasteiger partial charge in [-0.3, -0.25) is 4.98 Å². The van der Waals surface area contributed by atoms with Gasteiger partial charge in [0.25, 0.3) is 0 Å². The molecule has 0 fully saturated rings. The summed E-state index contributed by atoms with van der Waals surface area (Å²) in [6, 6.07) is 12.1. The van der Waals surface area contributed by atoms with Crippen molar-refractivity contribution < 1.29 is 5.11 Å². The first-order valence-electron chi connectivity index (χ1n) is 6.00. The molecule has 2 nitrogen and oxygen atoms in total. The molecule has 0 unspecified atom stereocenters. The molecule has 1 aromatic heterocycles. The number of aliphatic hydroxyl groups is 1. The summed E-state index contributed by atoms with van der Waals surface area (Å²) in [6.45, 7) is 2.09. The number of nitrogens with zero attached hydrogens (tertiary/aromatic N) is 1. The van der Waals surface area contributed by atoms with E-state index in [9.17, 15) is 5.11 Å². The largest absolute Gasteiger partial charge is 0.392 e. The van der Waals surface area contributed by atoms with Crippen LogP contribution in [0.15, 0.2) is 42.6 Å². The van der Waals surface area contributed by atoms with Gasteiger partial charge in [-0.15, -0.1) is 0 Å². The van der Waals surface area contributed by atoms with Crippen LogP contribution < -0.4 is 0 Å². The van der Waals surface area contributed by atoms with E-state index < -0.39 is 0 Å². The van der Waals surface area contributed by atoms with Gasteiger partial charge in [-0.05, 0) is 18.1 Å². The predicted molar refractivity (Wildman–Crippen MR) is 73.7 cm³/mol. The Morgan fingerprint density at radius 3 is 2.67 bits per heavy atom. The first-order chi connectivity index (χ1) is 8.70. The van der Waals surface area contributed by atoms with Crippen molar-refractivity contribution in [1.82, 2.24) is 4.98 Å². The van der Waals surface area contributed by atoms with Gasteiger partial charge >= 0.3 is 0 Å². The van der Waals surface area contributed by atoms with Gasteiger partial charge in [-0.2, -0.15) is 0 Å². The van der Waals surface area contributed by atoms with Crippen LogP contribution in [0.5, 0.6) is 0 Å². The van der Waals surface area contributed by atoms with Gasteiger partial charge < -0.3 is 5.11 Å². The van der Waals surface area contributed by atoms with Gasteiger partial charge in [0.05, 0.1) is 11.6 Å². The summed E-state index contributed by atoms with van der Waals surface area (Å²) in [5.41, 5.74) is 3.00. The van der Waals surface area contributed by atoms with E-state index in [1.165, 1.54) is 5.56 Å². The minimum atomic E-state index is -0.0258. The summed E-state index contributed by atoms with van der Waals surface area (Å²) in [5.74, 6) is 0.256. The molecule has 0 amide bonds. The zero-order valence-electron chi connectivity index (χ0n) is 10.3. The van der Waals surface area contributed by atoms with Crippen LogP contribution >= 0.6 is 11.6 Å². The van der Waals surface area contributed by atoms with Crippen molar-refractivity contribution in [2.45, 2.75) is 25.9 Å². The van der Waals surface area contributed by atoms with E-state index in [0.29, 0.717) is 5.02 Å². The van der Waals surface area contributed by atoms with Crippen molar-refractivity contribution in [2.75, 3.05) is 0 Å². The normalized spacial score (nSPS) is 12.4. The standard InChI is InChI=1S/C15H16ClNO/c1-11(7-12-5-3-2-4-6-12)15-13(10-18)8-14(16)9-17-15/h2-6,8-9,11,18H,7,10H2,1H3/t11-/m0/s1. The molecule has 0 bridgehead atoms. The number of halogens is 1. The third-order valence-electron chi connectivity index (χ3n) is 2.99. The maximum Gasteiger partial charge on any atom is 0.0700 e. The summed E-state index contributed by atoms with van der Waals surface area (Å²) in [6.07, 6.45) is 2.54. The Balaban J connectivity index is 2.21. The molecule has 2 rings (SSSR count). The molecule has 0 saturated heterocycles. The summed E-state index contributed by atoms with van der Waals surface area (Å²) in [7, 11) is 0. The average Bonchev–Trinajstić information content (AvgIpc) is 2.39. The lowest BCUT2D eigenvalue weighted by Crippen LogP contribution is -2.05. The van der Waals surface area contributed by atoms with Crippen LogP contribution in [0.1, 0.15) is 29.7 Å². The lowest BCUT2D eigenvalue weighted by Gasteiger charge is -2.14. The van der Waals surface area contributed by atoms with E-state index in [0.717, 1.165) is 17.7 Å². The Hall–Kier alpha value is -1.38. The zero-order valence-corrected chi connectivity index (χ0v) is 11.1. The summed E-state index contributed by atoms with van der Waals surface area (Å²) in [5, 5.41) is 9.92. The van der Waals surface area contributed by atoms with E-state index in [1.54, 1.807) is 12.3 Å². The highest BCUT2D eigenvalue weighted by Crippen LogP contribution is 2.24. The molecule has 1 atom stereocenters. The fourth-order valence-electron chi connectivity index (χ4n) is 2.13. The second kappa shape index (κ2) is 5.98. The molecular weight excluding hydrogens is 246 g/mol. The van der Waals surface area contributed by atoms with Crippen molar-refractivity contribution >= 4 is 11.6 Å². The number of aromatic nitrogens is 1. The van der Waals surface area contributed by atoms with Crippen LogP contribution in [0.3, 0.4) is 0 Å². The SMILES string of the molecule is C[C@@H](Cc1ccccc1)c1ncc(Cl)cc1CO. The molecule has 1 N–H and O–H groups in total. The average molecular weight is 262 g/mol. The number of aliphatic hydroxyl groups excluding tert-OH is 1. The topological polar surface area (TPSA) is 33.1 Å². The molecule has 1 aromatic carbocycles. The van der Waals surface area contributed by atoms with Crippen molar-refractivity contribution in [1.29, 1.82) is 0 Å². The van der Waals surface area contributed by atoms with E-state index >= 15 is 0 Å². The lowest BCUT2D eigenvalue weighted by molar-refractivity contribution is 0.279. The van der Waals surface area contributed by atoms with E-state index in [2.05, 4.69) is 24.0 Å². The third kappa shape index (κ3) is 3.09. The highest BCUT2D eigenvalue weighted by atomic mass is 35.5. The fraction of sp³-hybridized carbons (Fsp3) is 0.267. The Labute approximate surface area is 112 Å². The molecule has 0 aliphatic rings. The van der Waals surface area contributed by atoms with Crippen molar-refractivity contribution in [3.05, 3.63) is 64.4 Å². The molecule has 0 saturated carbocycles. The van der Waals surface area contributed by atoms with Crippen molar-refractivity contribution in [2.24, 2.45) is 0 Å². The second-order valence-corrected chi connectivity index (χ2v) is 4.88. The van der Waals surface area contributed by atoms with Crippen LogP contribution in [0, 0.1) is 0 Å². The van der Waals surface area contributed by atoms with Crippen LogP contribution in [-0.4, -0.2) is 10.1 Å². The molecule has 0 aliphatic carbocycles. The van der Waals surface area contributed by atoms with Crippen molar-refractivity contribution in [3.8, 4) is 0 Å². The molecule has 0 spiro atoms. The molecule has 0 radical (unpaired) electrons. The number of hydrogen-bond donors (Lipinski definition) is 1. The van der Waals surface area contributed by atoms with E-state index in [-0.39, 0.29) is 12.5 Å². The minimum absolute atomic E-state index is 0.0258. The Morgan fingerprint density at radius 2 is 2.00 bits per heavy atom. The zero-order chi connectivity index (χ0) is 13.0. The monoisotopic (exact) mass is 261 g/mol. The number of hydrogen-bond acceptors (Lipinski definition) is 2. The van der Waals surface area contributed by atoms with E-state index in [4.69, 9.17) is 11.6 Å². The van der Waals surface area contributed by atoms with Crippen LogP contribution in [0.25, 0.3) is 0 Å². The molecule has 18 heavy (non-hydrogen) atoms. The van der Waals surface area contributed by atoms with Gasteiger partial charge in [-0.1, -0.05) is 48.9 Å². The summed E-state index contributed by atoms with van der Waals surface area (Å²) in [4.78, 5) is 4.35. The van der Waals surface area contributed by atoms with Gasteiger partial charge in [-0.25, -0.2) is 0 Å². The van der Waals surface area contributed by atoms with Crippen LogP contribution in [0.4, 0.5) is 0 Å². The fourth-order valence-corrected chi connectivity index (χ4v) is 2.31. The number of rotatable bonds is 4. The predicted octanol–water partition coefficient (Wildman–Crippen LogP) is 3.57. The van der Waals surface area contributed by atoms with E-state index in [1.807, 2.05) is 18.2 Å². The Bertz CT molecular complexity index is 513. The lowest BCUT2D eigenvalue weighted by atomic mass is 9.95. The molecular formula is C15H16ClNO. The molecule has 2 aromatic rings. The summed E-state index contributed by atoms with van der Waals surface area (Å²) < 4.78 is 0. The molecule has 1 heterocycles. The van der Waals surface area contributed by atoms with Gasteiger partial charge in [0.1, 0.15) is 0 Å². The van der Waals surface area contributed by atoms with Crippen LogP contribution in [-0.2, 0) is 13.0 Å². The highest BCUT2D eigenvalue weighted by molar-refractivity contribution is 6.30. The summed E-state index contributed by atoms with van der Waals surface area (Å²) >= 11 is 5.89. The quantitative estimate of drug-likeness (QED) is 0.913. The molecule has 94 valence electrons. The third-order valence-corrected chi connectivity index (χ3v) is 3.20. The molecule has 3 heteroatoms. The van der Waals surface area contributed by atoms with Crippen molar-refractivity contribution in [3.63, 3.8) is 0 Å². The Morgan fingerprint density at radius 1 is 1.28 bits per heavy atom. The van der Waals surface area contributed by atoms with Gasteiger partial charge in [0.15, 0.2) is 0 Å². The maximum atomic E-state index is 9.36. The molecule has 0 aliphatic heterocycles. The first-order valence-corrected chi connectivity index (χ1v) is 6.37. The highest BCUT2D eigenvalue weighted by Gasteiger charge is 2.13. The second-order valence-electron chi connectivity index (χ2n) is 4.45. The van der Waals surface area contributed by atoms with Crippen LogP contribution in [0.2, 0.25) is 5.02 Å². The van der Waals surface area contributed by atoms with Gasteiger partial charge in [0, 0.05) is 23.4 Å². The minimum Gasteiger partial charge on any atom is -0.392 e. The smallest absolute Gasteiger partial charge is 0.0700 e. The van der Waals surface area contributed by atoms with Gasteiger partial charge in [0.2, 0.25) is 0 Å².